The van der Waals surface area contributed by atoms with E-state index in [2.05, 4.69) is 21.0 Å². The van der Waals surface area contributed by atoms with E-state index in [1.807, 2.05) is 12.1 Å². The van der Waals surface area contributed by atoms with Crippen LogP contribution in [0.5, 0.6) is 0 Å². The zero-order valence-electron chi connectivity index (χ0n) is 11.8. The fourth-order valence-corrected chi connectivity index (χ4v) is 2.30. The summed E-state index contributed by atoms with van der Waals surface area (Å²) in [5.41, 5.74) is 0.669. The minimum atomic E-state index is -0.972. The Labute approximate surface area is 138 Å². The zero-order chi connectivity index (χ0) is 16.6. The average molecular weight is 380 g/mol. The number of halogens is 1. The number of hydrogen-bond donors (Lipinski definition) is 0. The molecule has 0 saturated carbocycles. The van der Waals surface area contributed by atoms with Gasteiger partial charge in [0.05, 0.1) is 6.07 Å². The maximum Gasteiger partial charge on any atom is 0.433 e. The van der Waals surface area contributed by atoms with Crippen molar-refractivity contribution in [2.45, 2.75) is 13.2 Å². The molecule has 0 bridgehead atoms. The first kappa shape index (κ1) is 15.2. The van der Waals surface area contributed by atoms with Crippen LogP contribution in [0.15, 0.2) is 50.4 Å². The summed E-state index contributed by atoms with van der Waals surface area (Å²) in [6, 6.07) is 9.75. The molecule has 3 rings (SSSR count). The number of hydrazone groups is 1. The lowest BCUT2D eigenvalue weighted by atomic mass is 10.2. The van der Waals surface area contributed by atoms with Crippen LogP contribution in [0.2, 0.25) is 0 Å². The molecule has 0 N–H and O–H groups in total. The first-order valence-electron chi connectivity index (χ1n) is 6.51. The van der Waals surface area contributed by atoms with Crippen molar-refractivity contribution in [2.75, 3.05) is 0 Å². The van der Waals surface area contributed by atoms with Crippen LogP contribution in [0, 0.1) is 10.1 Å². The molecule has 9 heteroatoms. The molecule has 118 valence electrons. The fourth-order valence-electron chi connectivity index (χ4n) is 2.03. The molecule has 1 aromatic carbocycles. The number of rotatable bonds is 3. The molecule has 1 atom stereocenters. The van der Waals surface area contributed by atoms with Gasteiger partial charge in [-0.05, 0) is 30.3 Å². The molecule has 2 aromatic rings. The third-order valence-corrected chi connectivity index (χ3v) is 3.62. The summed E-state index contributed by atoms with van der Waals surface area (Å²) >= 11 is 3.33. The van der Waals surface area contributed by atoms with E-state index < -0.39 is 17.0 Å². The van der Waals surface area contributed by atoms with Gasteiger partial charge < -0.3 is 9.15 Å². The van der Waals surface area contributed by atoms with Gasteiger partial charge >= 0.3 is 5.88 Å². The summed E-state index contributed by atoms with van der Waals surface area (Å²) in [6.45, 7) is 1.32. The molecule has 1 unspecified atom stereocenters. The minimum absolute atomic E-state index is 0.128. The van der Waals surface area contributed by atoms with Gasteiger partial charge in [0.15, 0.2) is 5.76 Å². The molecule has 1 aliphatic heterocycles. The highest BCUT2D eigenvalue weighted by Gasteiger charge is 2.36. The Morgan fingerprint density at radius 1 is 1.30 bits per heavy atom. The molecule has 1 aliphatic rings. The van der Waals surface area contributed by atoms with Gasteiger partial charge in [-0.25, -0.2) is 0 Å². The van der Waals surface area contributed by atoms with Crippen molar-refractivity contribution in [2.24, 2.45) is 5.10 Å². The number of ether oxygens (including phenoxy) is 1. The summed E-state index contributed by atoms with van der Waals surface area (Å²) in [4.78, 5) is 21.8. The summed E-state index contributed by atoms with van der Waals surface area (Å²) in [5, 5.41) is 15.9. The summed E-state index contributed by atoms with van der Waals surface area (Å²) in [5.74, 6) is -0.440. The molecular weight excluding hydrogens is 370 g/mol. The van der Waals surface area contributed by atoms with Crippen LogP contribution >= 0.6 is 15.9 Å². The topological polar surface area (TPSA) is 98.2 Å². The molecule has 0 radical (unpaired) electrons. The minimum Gasteiger partial charge on any atom is -0.442 e. The average Bonchev–Trinajstić information content (AvgIpc) is 3.14. The molecule has 0 fully saturated rings. The number of nitro groups is 1. The van der Waals surface area contributed by atoms with E-state index in [0.29, 0.717) is 5.56 Å². The molecule has 1 amide bonds. The van der Waals surface area contributed by atoms with Crippen LogP contribution in [0.25, 0.3) is 0 Å². The third kappa shape index (κ3) is 2.95. The Balaban J connectivity index is 1.91. The molecule has 8 nitrogen and oxygen atoms in total. The quantitative estimate of drug-likeness (QED) is 0.602. The number of amides is 1. The number of benzene rings is 1. The van der Waals surface area contributed by atoms with E-state index in [9.17, 15) is 14.9 Å². The van der Waals surface area contributed by atoms with Crippen LogP contribution in [0.4, 0.5) is 5.88 Å². The Morgan fingerprint density at radius 2 is 2.00 bits per heavy atom. The second-order valence-corrected chi connectivity index (χ2v) is 5.59. The van der Waals surface area contributed by atoms with Gasteiger partial charge in [0, 0.05) is 17.0 Å². The van der Waals surface area contributed by atoms with Gasteiger partial charge in [-0.2, -0.15) is 5.01 Å². The second-order valence-electron chi connectivity index (χ2n) is 4.68. The van der Waals surface area contributed by atoms with E-state index in [0.717, 1.165) is 9.48 Å². The predicted molar refractivity (Wildman–Crippen MR) is 82.4 cm³/mol. The Hall–Kier alpha value is -2.68. The number of carbonyl (C=O) groups is 1. The Morgan fingerprint density at radius 3 is 2.57 bits per heavy atom. The summed E-state index contributed by atoms with van der Waals surface area (Å²) < 4.78 is 11.7. The number of carbonyl (C=O) groups excluding carboxylic acids is 1. The number of furan rings is 1. The van der Waals surface area contributed by atoms with Gasteiger partial charge in [-0.1, -0.05) is 15.9 Å². The van der Waals surface area contributed by atoms with Crippen molar-refractivity contribution < 1.29 is 18.9 Å². The standard InChI is InChI=1S/C14H10BrN3O5/c1-8(19)17-14(11-6-7-12(22-11)18(20)21)23-13(16-17)9-2-4-10(15)5-3-9/h2-7,14H,1H3. The lowest BCUT2D eigenvalue weighted by Gasteiger charge is -2.16. The van der Waals surface area contributed by atoms with Crippen LogP contribution in [0.3, 0.4) is 0 Å². The van der Waals surface area contributed by atoms with E-state index in [1.165, 1.54) is 19.1 Å². The van der Waals surface area contributed by atoms with Crippen LogP contribution in [-0.4, -0.2) is 21.7 Å². The van der Waals surface area contributed by atoms with Gasteiger partial charge in [0.1, 0.15) is 4.92 Å². The third-order valence-electron chi connectivity index (χ3n) is 3.09. The maximum absolute atomic E-state index is 11.8. The number of hydrogen-bond acceptors (Lipinski definition) is 6. The number of nitrogens with zero attached hydrogens (tertiary/aromatic N) is 3. The fraction of sp³-hybridized carbons (Fsp3) is 0.143. The molecule has 0 aliphatic carbocycles. The smallest absolute Gasteiger partial charge is 0.433 e. The highest BCUT2D eigenvalue weighted by atomic mass is 79.9. The van der Waals surface area contributed by atoms with Crippen molar-refractivity contribution in [1.29, 1.82) is 0 Å². The van der Waals surface area contributed by atoms with Gasteiger partial charge in [0.25, 0.3) is 6.23 Å². The van der Waals surface area contributed by atoms with E-state index in [4.69, 9.17) is 9.15 Å². The van der Waals surface area contributed by atoms with E-state index in [-0.39, 0.29) is 17.6 Å². The Kier molecular flexibility index (Phi) is 3.87. The molecular formula is C14H10BrN3O5. The van der Waals surface area contributed by atoms with Crippen LogP contribution in [-0.2, 0) is 9.53 Å². The van der Waals surface area contributed by atoms with E-state index >= 15 is 0 Å². The largest absolute Gasteiger partial charge is 0.442 e. The second kappa shape index (κ2) is 5.84. The zero-order valence-corrected chi connectivity index (χ0v) is 13.4. The van der Waals surface area contributed by atoms with Crippen LogP contribution < -0.4 is 0 Å². The molecule has 0 spiro atoms. The first-order valence-corrected chi connectivity index (χ1v) is 7.30. The van der Waals surface area contributed by atoms with Crippen molar-refractivity contribution in [3.8, 4) is 0 Å². The molecule has 0 saturated heterocycles. The molecule has 1 aromatic heterocycles. The highest BCUT2D eigenvalue weighted by Crippen LogP contribution is 2.33. The summed E-state index contributed by atoms with van der Waals surface area (Å²) in [6.07, 6.45) is -0.972. The van der Waals surface area contributed by atoms with Crippen molar-refractivity contribution in [3.05, 3.63) is 62.3 Å². The normalized spacial score (nSPS) is 16.9. The SMILES string of the molecule is CC(=O)N1N=C(c2ccc(Br)cc2)OC1c1ccc([N+](=O)[O-])o1. The lowest BCUT2D eigenvalue weighted by Crippen LogP contribution is -2.24. The van der Waals surface area contributed by atoms with Crippen molar-refractivity contribution in [1.82, 2.24) is 5.01 Å². The van der Waals surface area contributed by atoms with Crippen LogP contribution in [0.1, 0.15) is 24.5 Å². The first-order chi connectivity index (χ1) is 11.0. The predicted octanol–water partition coefficient (Wildman–Crippen LogP) is 3.19. The molecule has 23 heavy (non-hydrogen) atoms. The van der Waals surface area contributed by atoms with E-state index in [1.54, 1.807) is 12.1 Å². The van der Waals surface area contributed by atoms with Gasteiger partial charge in [0.2, 0.25) is 11.8 Å². The Bertz CT molecular complexity index is 799. The van der Waals surface area contributed by atoms with Gasteiger partial charge in [-0.3, -0.25) is 14.9 Å². The van der Waals surface area contributed by atoms with Crippen molar-refractivity contribution >= 4 is 33.6 Å². The monoisotopic (exact) mass is 379 g/mol. The highest BCUT2D eigenvalue weighted by molar-refractivity contribution is 9.10. The molecule has 2 heterocycles. The summed E-state index contributed by atoms with van der Waals surface area (Å²) in [7, 11) is 0. The van der Waals surface area contributed by atoms with Crippen molar-refractivity contribution in [3.63, 3.8) is 0 Å². The lowest BCUT2D eigenvalue weighted by molar-refractivity contribution is -0.402. The van der Waals surface area contributed by atoms with Gasteiger partial charge in [-0.15, -0.1) is 5.10 Å². The maximum atomic E-state index is 11.8.